The van der Waals surface area contributed by atoms with Gasteiger partial charge in [0.05, 0.1) is 6.61 Å². The average molecular weight is 255 g/mol. The average Bonchev–Trinajstić information content (AvgIpc) is 2.48. The van der Waals surface area contributed by atoms with Gasteiger partial charge in [0.1, 0.15) is 5.75 Å². The molecule has 0 amide bonds. The first-order chi connectivity index (χ1) is 9.40. The highest BCUT2D eigenvalue weighted by Gasteiger charge is 2.02. The first-order valence-electron chi connectivity index (χ1n) is 6.90. The van der Waals surface area contributed by atoms with Gasteiger partial charge in [0.25, 0.3) is 0 Å². The lowest BCUT2D eigenvalue weighted by molar-refractivity contribution is 0.306. The standard InChI is InChI=1S/C17H21NO/c1-2-3-13-19-17-12-8-7-9-15(17)14-18-16-10-5-4-6-11-16/h4-12,18H,2-3,13-14H2,1H3. The number of rotatable bonds is 7. The molecule has 0 atom stereocenters. The normalized spacial score (nSPS) is 10.2. The Balaban J connectivity index is 1.95. The molecule has 0 saturated carbocycles. The molecule has 0 aromatic heterocycles. The predicted octanol–water partition coefficient (Wildman–Crippen LogP) is 4.48. The van der Waals surface area contributed by atoms with E-state index in [1.54, 1.807) is 0 Å². The van der Waals surface area contributed by atoms with Crippen molar-refractivity contribution in [3.05, 3.63) is 60.2 Å². The molecule has 0 aliphatic rings. The Hall–Kier alpha value is -1.96. The van der Waals surface area contributed by atoms with Gasteiger partial charge in [-0.3, -0.25) is 0 Å². The Morgan fingerprint density at radius 2 is 1.68 bits per heavy atom. The zero-order valence-corrected chi connectivity index (χ0v) is 11.4. The summed E-state index contributed by atoms with van der Waals surface area (Å²) in [5.41, 5.74) is 2.33. The number of hydrogen-bond donors (Lipinski definition) is 1. The number of hydrogen-bond acceptors (Lipinski definition) is 2. The quantitative estimate of drug-likeness (QED) is 0.737. The van der Waals surface area contributed by atoms with E-state index in [1.807, 2.05) is 30.3 Å². The van der Waals surface area contributed by atoms with Gasteiger partial charge >= 0.3 is 0 Å². The van der Waals surface area contributed by atoms with Crippen molar-refractivity contribution in [1.29, 1.82) is 0 Å². The van der Waals surface area contributed by atoms with Crippen LogP contribution in [-0.2, 0) is 6.54 Å². The van der Waals surface area contributed by atoms with Crippen LogP contribution in [0.4, 0.5) is 5.69 Å². The van der Waals surface area contributed by atoms with Gasteiger partial charge in [-0.2, -0.15) is 0 Å². The molecule has 0 aliphatic heterocycles. The minimum atomic E-state index is 0.784. The number of nitrogens with one attached hydrogen (secondary N) is 1. The third kappa shape index (κ3) is 4.32. The second-order valence-electron chi connectivity index (χ2n) is 4.53. The van der Waals surface area contributed by atoms with Gasteiger partial charge in [-0.05, 0) is 24.6 Å². The van der Waals surface area contributed by atoms with E-state index in [1.165, 1.54) is 5.56 Å². The number of para-hydroxylation sites is 2. The number of unbranched alkanes of at least 4 members (excludes halogenated alkanes) is 1. The fourth-order valence-electron chi connectivity index (χ4n) is 1.87. The first kappa shape index (κ1) is 13.5. The third-order valence-corrected chi connectivity index (χ3v) is 2.98. The summed E-state index contributed by atoms with van der Waals surface area (Å²) >= 11 is 0. The van der Waals surface area contributed by atoms with Crippen LogP contribution in [0, 0.1) is 0 Å². The van der Waals surface area contributed by atoms with Gasteiger partial charge in [-0.15, -0.1) is 0 Å². The molecule has 19 heavy (non-hydrogen) atoms. The minimum absolute atomic E-state index is 0.784. The summed E-state index contributed by atoms with van der Waals surface area (Å²) in [4.78, 5) is 0. The van der Waals surface area contributed by atoms with Gasteiger partial charge in [-0.1, -0.05) is 49.7 Å². The smallest absolute Gasteiger partial charge is 0.124 e. The van der Waals surface area contributed by atoms with Crippen molar-refractivity contribution in [2.45, 2.75) is 26.3 Å². The highest BCUT2D eigenvalue weighted by Crippen LogP contribution is 2.19. The molecule has 1 N–H and O–H groups in total. The second-order valence-corrected chi connectivity index (χ2v) is 4.53. The third-order valence-electron chi connectivity index (χ3n) is 2.98. The van der Waals surface area contributed by atoms with E-state index in [0.717, 1.165) is 37.4 Å². The summed E-state index contributed by atoms with van der Waals surface area (Å²) < 4.78 is 5.83. The Morgan fingerprint density at radius 3 is 2.47 bits per heavy atom. The van der Waals surface area contributed by atoms with E-state index in [2.05, 4.69) is 36.5 Å². The molecule has 2 aromatic rings. The van der Waals surface area contributed by atoms with E-state index < -0.39 is 0 Å². The van der Waals surface area contributed by atoms with Crippen LogP contribution in [0.15, 0.2) is 54.6 Å². The molecule has 0 aliphatic carbocycles. The number of benzene rings is 2. The zero-order chi connectivity index (χ0) is 13.3. The summed E-state index contributed by atoms with van der Waals surface area (Å²) in [7, 11) is 0. The van der Waals surface area contributed by atoms with E-state index in [0.29, 0.717) is 0 Å². The Labute approximate surface area is 115 Å². The van der Waals surface area contributed by atoms with Crippen LogP contribution in [-0.4, -0.2) is 6.61 Å². The molecule has 0 unspecified atom stereocenters. The fourth-order valence-corrected chi connectivity index (χ4v) is 1.87. The van der Waals surface area contributed by atoms with E-state index >= 15 is 0 Å². The molecular formula is C17H21NO. The molecule has 0 radical (unpaired) electrons. The largest absolute Gasteiger partial charge is 0.493 e. The molecule has 0 fully saturated rings. The van der Waals surface area contributed by atoms with Crippen LogP contribution in [0.1, 0.15) is 25.3 Å². The van der Waals surface area contributed by atoms with E-state index in [9.17, 15) is 0 Å². The molecule has 2 rings (SSSR count). The molecule has 0 heterocycles. The van der Waals surface area contributed by atoms with Crippen LogP contribution in [0.3, 0.4) is 0 Å². The predicted molar refractivity (Wildman–Crippen MR) is 80.6 cm³/mol. The molecule has 0 spiro atoms. The summed E-state index contributed by atoms with van der Waals surface area (Å²) in [6.45, 7) is 3.75. The Kier molecular flexibility index (Phi) is 5.30. The molecule has 2 heteroatoms. The van der Waals surface area contributed by atoms with Crippen molar-refractivity contribution in [2.75, 3.05) is 11.9 Å². The molecule has 0 saturated heterocycles. The van der Waals surface area contributed by atoms with Crippen molar-refractivity contribution in [3.63, 3.8) is 0 Å². The maximum absolute atomic E-state index is 5.83. The lowest BCUT2D eigenvalue weighted by Gasteiger charge is -2.12. The van der Waals surface area contributed by atoms with Crippen molar-refractivity contribution in [2.24, 2.45) is 0 Å². The minimum Gasteiger partial charge on any atom is -0.493 e. The summed E-state index contributed by atoms with van der Waals surface area (Å²) in [5.74, 6) is 0.986. The summed E-state index contributed by atoms with van der Waals surface area (Å²) in [6.07, 6.45) is 2.25. The van der Waals surface area contributed by atoms with Crippen molar-refractivity contribution in [1.82, 2.24) is 0 Å². The molecular weight excluding hydrogens is 234 g/mol. The van der Waals surface area contributed by atoms with Gasteiger partial charge in [0, 0.05) is 17.8 Å². The molecule has 0 bridgehead atoms. The molecule has 2 aromatic carbocycles. The zero-order valence-electron chi connectivity index (χ0n) is 11.4. The Bertz CT molecular complexity index is 482. The van der Waals surface area contributed by atoms with Gasteiger partial charge in [-0.25, -0.2) is 0 Å². The van der Waals surface area contributed by atoms with Crippen molar-refractivity contribution in [3.8, 4) is 5.75 Å². The lowest BCUT2D eigenvalue weighted by Crippen LogP contribution is -2.04. The van der Waals surface area contributed by atoms with Crippen molar-refractivity contribution < 1.29 is 4.74 Å². The first-order valence-corrected chi connectivity index (χ1v) is 6.90. The van der Waals surface area contributed by atoms with Crippen LogP contribution >= 0.6 is 0 Å². The van der Waals surface area contributed by atoms with E-state index in [-0.39, 0.29) is 0 Å². The maximum Gasteiger partial charge on any atom is 0.124 e. The highest BCUT2D eigenvalue weighted by atomic mass is 16.5. The maximum atomic E-state index is 5.83. The lowest BCUT2D eigenvalue weighted by atomic mass is 10.2. The fraction of sp³-hybridized carbons (Fsp3) is 0.294. The van der Waals surface area contributed by atoms with Gasteiger partial charge in [0.2, 0.25) is 0 Å². The summed E-state index contributed by atoms with van der Waals surface area (Å²) in [6, 6.07) is 18.4. The van der Waals surface area contributed by atoms with Gasteiger partial charge < -0.3 is 10.1 Å². The number of anilines is 1. The number of ether oxygens (including phenoxy) is 1. The van der Waals surface area contributed by atoms with Crippen molar-refractivity contribution >= 4 is 5.69 Å². The van der Waals surface area contributed by atoms with Crippen LogP contribution in [0.2, 0.25) is 0 Å². The van der Waals surface area contributed by atoms with Crippen LogP contribution in [0.25, 0.3) is 0 Å². The van der Waals surface area contributed by atoms with Crippen LogP contribution < -0.4 is 10.1 Å². The summed E-state index contributed by atoms with van der Waals surface area (Å²) in [5, 5.41) is 3.41. The van der Waals surface area contributed by atoms with E-state index in [4.69, 9.17) is 4.74 Å². The molecule has 100 valence electrons. The van der Waals surface area contributed by atoms with Crippen LogP contribution in [0.5, 0.6) is 5.75 Å². The second kappa shape index (κ2) is 7.47. The highest BCUT2D eigenvalue weighted by molar-refractivity contribution is 5.44. The Morgan fingerprint density at radius 1 is 0.947 bits per heavy atom. The molecule has 2 nitrogen and oxygen atoms in total. The van der Waals surface area contributed by atoms with Gasteiger partial charge in [0.15, 0.2) is 0 Å². The monoisotopic (exact) mass is 255 g/mol. The SMILES string of the molecule is CCCCOc1ccccc1CNc1ccccc1. The topological polar surface area (TPSA) is 21.3 Å².